The van der Waals surface area contributed by atoms with E-state index in [1.807, 2.05) is 43.3 Å². The van der Waals surface area contributed by atoms with Crippen molar-refractivity contribution in [2.75, 3.05) is 26.9 Å². The fourth-order valence-corrected chi connectivity index (χ4v) is 3.74. The van der Waals surface area contributed by atoms with E-state index >= 15 is 0 Å². The lowest BCUT2D eigenvalue weighted by atomic mass is 10.0. The van der Waals surface area contributed by atoms with Crippen LogP contribution in [0.2, 0.25) is 0 Å². The molecule has 3 aromatic rings. The molecule has 0 saturated carbocycles. The number of benzene rings is 3. The lowest BCUT2D eigenvalue weighted by molar-refractivity contribution is 0.151. The van der Waals surface area contributed by atoms with Crippen molar-refractivity contribution in [3.8, 4) is 34.1 Å². The molecule has 0 aliphatic rings. The van der Waals surface area contributed by atoms with E-state index in [2.05, 4.69) is 12.2 Å². The number of alkyl carbamates (subject to hydrolysis) is 1. The van der Waals surface area contributed by atoms with E-state index in [0.717, 1.165) is 41.7 Å². The second-order valence-corrected chi connectivity index (χ2v) is 8.28. The van der Waals surface area contributed by atoms with Gasteiger partial charge in [0.25, 0.3) is 0 Å². The van der Waals surface area contributed by atoms with Gasteiger partial charge in [0, 0.05) is 11.1 Å². The zero-order chi connectivity index (χ0) is 26.6. The Balaban J connectivity index is 1.52. The van der Waals surface area contributed by atoms with Crippen LogP contribution in [0, 0.1) is 5.41 Å². The van der Waals surface area contributed by atoms with Crippen molar-refractivity contribution < 1.29 is 28.8 Å². The number of amidine groups is 1. The highest BCUT2D eigenvalue weighted by Crippen LogP contribution is 2.37. The summed E-state index contributed by atoms with van der Waals surface area (Å²) in [5.41, 5.74) is 3.41. The van der Waals surface area contributed by atoms with Gasteiger partial charge in [0.15, 0.2) is 11.5 Å². The fraction of sp³-hybridized carbons (Fsp3) is 0.310. The number of ether oxygens (including phenoxy) is 4. The third-order valence-corrected chi connectivity index (χ3v) is 5.54. The molecule has 3 N–H and O–H groups in total. The van der Waals surface area contributed by atoms with Gasteiger partial charge in [0.2, 0.25) is 0 Å². The first-order valence-electron chi connectivity index (χ1n) is 12.3. The summed E-state index contributed by atoms with van der Waals surface area (Å²) in [5.74, 6) is 1.95. The van der Waals surface area contributed by atoms with Crippen LogP contribution in [-0.4, -0.2) is 44.0 Å². The molecule has 8 nitrogen and oxygen atoms in total. The first-order valence-corrected chi connectivity index (χ1v) is 12.3. The number of carbonyl (C=O) groups excluding carboxylic acids is 1. The number of carbonyl (C=O) groups is 1. The summed E-state index contributed by atoms with van der Waals surface area (Å²) in [6, 6.07) is 18.4. The Bertz CT molecular complexity index is 1180. The molecule has 0 spiro atoms. The number of methoxy groups -OCH3 is 1. The van der Waals surface area contributed by atoms with Gasteiger partial charge in [-0.25, -0.2) is 4.79 Å². The molecule has 0 aliphatic carbocycles. The Morgan fingerprint density at radius 1 is 0.865 bits per heavy atom. The topological polar surface area (TPSA) is 110 Å². The predicted molar refractivity (Wildman–Crippen MR) is 143 cm³/mol. The third-order valence-electron chi connectivity index (χ3n) is 5.54. The van der Waals surface area contributed by atoms with Gasteiger partial charge in [0.05, 0.1) is 13.7 Å². The van der Waals surface area contributed by atoms with Crippen molar-refractivity contribution in [3.63, 3.8) is 0 Å². The van der Waals surface area contributed by atoms with Gasteiger partial charge in [-0.15, -0.1) is 0 Å². The van der Waals surface area contributed by atoms with E-state index < -0.39 is 6.09 Å². The summed E-state index contributed by atoms with van der Waals surface area (Å²) in [6.07, 6.45) is 1.73. The molecular formula is C29H34N2O6. The first-order chi connectivity index (χ1) is 18.0. The number of amides is 1. The molecule has 0 fully saturated rings. The molecule has 0 aliphatic heterocycles. The second kappa shape index (κ2) is 13.8. The minimum absolute atomic E-state index is 0.00816. The van der Waals surface area contributed by atoms with Crippen molar-refractivity contribution in [3.05, 3.63) is 71.8 Å². The Hall–Kier alpha value is -4.20. The molecule has 0 aromatic heterocycles. The zero-order valence-corrected chi connectivity index (χ0v) is 21.5. The standard InChI is InChI=1S/C29H34N2O6/c1-4-6-24-26(16-15-25(32)27(24)34-3)36-19-18-35-23-13-11-21(12-14-23)20-7-9-22(10-8-20)28(30)31-29(33)37-17-5-2/h7-16,32H,4-6,17-19H2,1-3H3,(H2,30,31,33). The van der Waals surface area contributed by atoms with Crippen LogP contribution in [0.25, 0.3) is 11.1 Å². The van der Waals surface area contributed by atoms with Gasteiger partial charge in [-0.1, -0.05) is 56.7 Å². The number of nitrogens with one attached hydrogen (secondary N) is 2. The maximum atomic E-state index is 11.6. The van der Waals surface area contributed by atoms with Crippen LogP contribution < -0.4 is 19.5 Å². The second-order valence-electron chi connectivity index (χ2n) is 8.28. The van der Waals surface area contributed by atoms with E-state index in [9.17, 15) is 9.90 Å². The molecule has 3 aromatic carbocycles. The van der Waals surface area contributed by atoms with Gasteiger partial charge in [-0.2, -0.15) is 0 Å². The van der Waals surface area contributed by atoms with Gasteiger partial charge in [-0.05, 0) is 48.2 Å². The minimum atomic E-state index is -0.624. The summed E-state index contributed by atoms with van der Waals surface area (Å²) in [7, 11) is 1.54. The van der Waals surface area contributed by atoms with Crippen LogP contribution in [0.4, 0.5) is 4.79 Å². The maximum Gasteiger partial charge on any atom is 0.412 e. The van der Waals surface area contributed by atoms with Gasteiger partial charge in [0.1, 0.15) is 30.5 Å². The monoisotopic (exact) mass is 506 g/mol. The average molecular weight is 507 g/mol. The highest BCUT2D eigenvalue weighted by molar-refractivity contribution is 6.04. The van der Waals surface area contributed by atoms with Gasteiger partial charge >= 0.3 is 6.09 Å². The molecule has 0 saturated heterocycles. The molecule has 0 heterocycles. The van der Waals surface area contributed by atoms with Crippen LogP contribution in [0.3, 0.4) is 0 Å². The average Bonchev–Trinajstić information content (AvgIpc) is 2.91. The Morgan fingerprint density at radius 3 is 2.14 bits per heavy atom. The van der Waals surface area contributed by atoms with Crippen molar-refractivity contribution in [1.29, 1.82) is 5.41 Å². The zero-order valence-electron chi connectivity index (χ0n) is 21.5. The van der Waals surface area contributed by atoms with E-state index in [1.165, 1.54) is 7.11 Å². The summed E-state index contributed by atoms with van der Waals surface area (Å²) in [4.78, 5) is 11.6. The summed E-state index contributed by atoms with van der Waals surface area (Å²) in [6.45, 7) is 4.99. The Morgan fingerprint density at radius 2 is 1.51 bits per heavy atom. The SMILES string of the molecule is CCCOC(=O)NC(=N)c1ccc(-c2ccc(OCCOc3ccc(O)c(OC)c3CCC)cc2)cc1. The van der Waals surface area contributed by atoms with E-state index in [4.69, 9.17) is 24.4 Å². The fourth-order valence-electron chi connectivity index (χ4n) is 3.74. The molecule has 0 unspecified atom stereocenters. The first kappa shape index (κ1) is 27.4. The molecule has 0 radical (unpaired) electrons. The molecule has 196 valence electrons. The number of phenolic OH excluding ortho intramolecular Hbond substituents is 1. The highest BCUT2D eigenvalue weighted by atomic mass is 16.5. The largest absolute Gasteiger partial charge is 0.504 e. The van der Waals surface area contributed by atoms with Crippen molar-refractivity contribution >= 4 is 11.9 Å². The molecule has 0 bridgehead atoms. The Kier molecular flexibility index (Phi) is 10.2. The summed E-state index contributed by atoms with van der Waals surface area (Å²) >= 11 is 0. The van der Waals surface area contributed by atoms with E-state index in [1.54, 1.807) is 24.3 Å². The number of phenols is 1. The van der Waals surface area contributed by atoms with Gasteiger partial charge in [-0.3, -0.25) is 10.7 Å². The molecule has 1 amide bonds. The van der Waals surface area contributed by atoms with E-state index in [-0.39, 0.29) is 11.6 Å². The summed E-state index contributed by atoms with van der Waals surface area (Å²) < 4.78 is 22.0. The maximum absolute atomic E-state index is 11.6. The lowest BCUT2D eigenvalue weighted by Crippen LogP contribution is -2.31. The quantitative estimate of drug-likeness (QED) is 0.159. The van der Waals surface area contributed by atoms with Crippen molar-refractivity contribution in [1.82, 2.24) is 5.32 Å². The van der Waals surface area contributed by atoms with Crippen LogP contribution in [-0.2, 0) is 11.2 Å². The van der Waals surface area contributed by atoms with Crippen LogP contribution in [0.5, 0.6) is 23.0 Å². The molecule has 0 atom stereocenters. The van der Waals surface area contributed by atoms with E-state index in [0.29, 0.717) is 36.9 Å². The predicted octanol–water partition coefficient (Wildman–Crippen LogP) is 5.94. The smallest absolute Gasteiger partial charge is 0.412 e. The van der Waals surface area contributed by atoms with Crippen LogP contribution >= 0.6 is 0 Å². The normalized spacial score (nSPS) is 10.5. The number of hydrogen-bond donors (Lipinski definition) is 3. The minimum Gasteiger partial charge on any atom is -0.504 e. The number of rotatable bonds is 12. The molecule has 3 rings (SSSR count). The lowest BCUT2D eigenvalue weighted by Gasteiger charge is -2.16. The van der Waals surface area contributed by atoms with Crippen molar-refractivity contribution in [2.45, 2.75) is 33.1 Å². The van der Waals surface area contributed by atoms with Gasteiger partial charge < -0.3 is 24.1 Å². The Labute approximate surface area is 217 Å². The molecule has 8 heteroatoms. The summed E-state index contributed by atoms with van der Waals surface area (Å²) in [5, 5.41) is 20.5. The van der Waals surface area contributed by atoms with Crippen LogP contribution in [0.15, 0.2) is 60.7 Å². The van der Waals surface area contributed by atoms with Crippen molar-refractivity contribution in [2.24, 2.45) is 0 Å². The molecular weight excluding hydrogens is 472 g/mol. The highest BCUT2D eigenvalue weighted by Gasteiger charge is 2.14. The number of aromatic hydroxyl groups is 1. The van der Waals surface area contributed by atoms with Crippen LogP contribution in [0.1, 0.15) is 37.8 Å². The third kappa shape index (κ3) is 7.64. The molecule has 37 heavy (non-hydrogen) atoms. The number of hydrogen-bond acceptors (Lipinski definition) is 7.